The molecule has 1 aliphatic rings. The van der Waals surface area contributed by atoms with Crippen molar-refractivity contribution in [2.45, 2.75) is 33.3 Å². The number of aromatic amines is 2. The Bertz CT molecular complexity index is 1440. The number of nitrogens with zero attached hydrogens (tertiary/aromatic N) is 2. The van der Waals surface area contributed by atoms with E-state index < -0.39 is 0 Å². The molecule has 5 heteroatoms. The first-order chi connectivity index (χ1) is 14.6. The number of imidazole rings is 2. The van der Waals surface area contributed by atoms with Crippen LogP contribution in [-0.2, 0) is 6.61 Å². The summed E-state index contributed by atoms with van der Waals surface area (Å²) in [5.41, 5.74) is 7.52. The molecule has 0 fully saturated rings. The second kappa shape index (κ2) is 6.20. The molecule has 0 radical (unpaired) electrons. The van der Waals surface area contributed by atoms with Crippen molar-refractivity contribution in [3.63, 3.8) is 0 Å². The van der Waals surface area contributed by atoms with Crippen LogP contribution in [0.2, 0.25) is 0 Å². The maximum absolute atomic E-state index is 6.01. The number of aryl methyl sites for hydroxylation is 1. The lowest BCUT2D eigenvalue weighted by Crippen LogP contribution is -2.05. The average molecular weight is 394 g/mol. The van der Waals surface area contributed by atoms with E-state index in [1.54, 1.807) is 0 Å². The molecule has 0 aliphatic carbocycles. The van der Waals surface area contributed by atoms with E-state index >= 15 is 0 Å². The molecule has 6 rings (SSSR count). The van der Waals surface area contributed by atoms with Gasteiger partial charge in [-0.15, -0.1) is 0 Å². The van der Waals surface area contributed by atoms with Crippen LogP contribution in [0.5, 0.6) is 5.75 Å². The van der Waals surface area contributed by atoms with Crippen LogP contribution in [0.15, 0.2) is 48.5 Å². The van der Waals surface area contributed by atoms with Crippen molar-refractivity contribution >= 4 is 21.8 Å². The maximum atomic E-state index is 6.01. The van der Waals surface area contributed by atoms with E-state index in [0.29, 0.717) is 12.5 Å². The Labute approximate surface area is 174 Å². The minimum absolute atomic E-state index is 0.376. The Morgan fingerprint density at radius 1 is 0.933 bits per heavy atom. The molecule has 1 aliphatic heterocycles. The van der Waals surface area contributed by atoms with Gasteiger partial charge in [0.05, 0.1) is 22.4 Å². The van der Waals surface area contributed by atoms with Crippen LogP contribution in [-0.4, -0.2) is 19.9 Å². The van der Waals surface area contributed by atoms with Crippen molar-refractivity contribution in [1.82, 2.24) is 19.9 Å². The number of hydrogen-bond donors (Lipinski definition) is 2. The van der Waals surface area contributed by atoms with Crippen LogP contribution < -0.4 is 4.74 Å². The second-order valence-corrected chi connectivity index (χ2v) is 8.32. The molecule has 148 valence electrons. The van der Waals surface area contributed by atoms with Gasteiger partial charge in [-0.2, -0.15) is 0 Å². The van der Waals surface area contributed by atoms with E-state index in [-0.39, 0.29) is 0 Å². The summed E-state index contributed by atoms with van der Waals surface area (Å²) in [4.78, 5) is 16.2. The number of ether oxygens (including phenoxy) is 1. The highest BCUT2D eigenvalue weighted by Gasteiger charge is 2.21. The van der Waals surface area contributed by atoms with Crippen LogP contribution in [0.4, 0.5) is 0 Å². The lowest BCUT2D eigenvalue weighted by atomic mass is 9.97. The summed E-state index contributed by atoms with van der Waals surface area (Å²) in [5.74, 6) is 3.21. The van der Waals surface area contributed by atoms with Crippen LogP contribution >= 0.6 is 0 Å². The maximum Gasteiger partial charge on any atom is 0.130 e. The van der Waals surface area contributed by atoms with Crippen LogP contribution in [0.1, 0.15) is 37.1 Å². The van der Waals surface area contributed by atoms with Crippen molar-refractivity contribution in [1.29, 1.82) is 0 Å². The number of fused-ring (bicyclic) bond motifs is 6. The topological polar surface area (TPSA) is 66.6 Å². The molecule has 2 N–H and O–H groups in total. The highest BCUT2D eigenvalue weighted by Crippen LogP contribution is 2.39. The Balaban J connectivity index is 1.45. The van der Waals surface area contributed by atoms with E-state index in [0.717, 1.165) is 56.5 Å². The summed E-state index contributed by atoms with van der Waals surface area (Å²) in [6.07, 6.45) is 0. The second-order valence-electron chi connectivity index (χ2n) is 8.32. The third-order valence-corrected chi connectivity index (χ3v) is 5.87. The van der Waals surface area contributed by atoms with Crippen molar-refractivity contribution < 1.29 is 4.74 Å². The first kappa shape index (κ1) is 17.3. The Kier molecular flexibility index (Phi) is 3.57. The number of rotatable bonds is 2. The van der Waals surface area contributed by atoms with Gasteiger partial charge in [-0.3, -0.25) is 0 Å². The van der Waals surface area contributed by atoms with Gasteiger partial charge in [-0.1, -0.05) is 38.1 Å². The quantitative estimate of drug-likeness (QED) is 0.380. The largest absolute Gasteiger partial charge is 0.487 e. The lowest BCUT2D eigenvalue weighted by Gasteiger charge is -2.17. The van der Waals surface area contributed by atoms with E-state index in [2.05, 4.69) is 77.3 Å². The highest BCUT2D eigenvalue weighted by molar-refractivity contribution is 6.05. The van der Waals surface area contributed by atoms with Gasteiger partial charge in [0.1, 0.15) is 24.0 Å². The van der Waals surface area contributed by atoms with Gasteiger partial charge in [0.25, 0.3) is 0 Å². The molecule has 0 spiro atoms. The lowest BCUT2D eigenvalue weighted by molar-refractivity contribution is 0.298. The van der Waals surface area contributed by atoms with Gasteiger partial charge in [0, 0.05) is 16.9 Å². The normalized spacial score (nSPS) is 12.9. The van der Waals surface area contributed by atoms with Crippen molar-refractivity contribution in [2.75, 3.05) is 0 Å². The van der Waals surface area contributed by atoms with Gasteiger partial charge >= 0.3 is 0 Å². The summed E-state index contributed by atoms with van der Waals surface area (Å²) >= 11 is 0. The monoisotopic (exact) mass is 394 g/mol. The van der Waals surface area contributed by atoms with Gasteiger partial charge in [-0.05, 0) is 47.7 Å². The molecular formula is C25H22N4O. The molecule has 5 aromatic rings. The number of hydrogen-bond acceptors (Lipinski definition) is 3. The fraction of sp³-hybridized carbons (Fsp3) is 0.200. The predicted octanol–water partition coefficient (Wildman–Crippen LogP) is 6.10. The standard InChI is InChI=1S/C25H22N4O/c1-13(2)25-28-20-9-6-17-10-15(4-7-18(17)23(20)29-25)16-5-8-19-22(11-16)30-12-21-24(19)27-14(3)26-21/h4-11,13H,12H2,1-3H3,(H,26,27)(H,28,29). The molecule has 3 heterocycles. The SMILES string of the molecule is Cc1nc2c([nH]1)COc1cc(-c3ccc4c(ccc5[nH]c(C(C)C)nc54)c3)ccc1-2. The molecular weight excluding hydrogens is 372 g/mol. The van der Waals surface area contributed by atoms with E-state index in [4.69, 9.17) is 9.72 Å². The minimum atomic E-state index is 0.376. The Morgan fingerprint density at radius 2 is 1.77 bits per heavy atom. The molecule has 0 unspecified atom stereocenters. The van der Waals surface area contributed by atoms with Gasteiger partial charge in [-0.25, -0.2) is 9.97 Å². The molecule has 2 aromatic heterocycles. The fourth-order valence-corrected chi connectivity index (χ4v) is 4.31. The van der Waals surface area contributed by atoms with Crippen molar-refractivity contribution in [2.24, 2.45) is 0 Å². The number of benzene rings is 3. The number of H-pyrrole nitrogens is 2. The van der Waals surface area contributed by atoms with Gasteiger partial charge < -0.3 is 14.7 Å². The van der Waals surface area contributed by atoms with E-state index in [1.807, 2.05) is 6.92 Å². The summed E-state index contributed by atoms with van der Waals surface area (Å²) in [6, 6.07) is 17.2. The molecule has 5 nitrogen and oxygen atoms in total. The fourth-order valence-electron chi connectivity index (χ4n) is 4.31. The highest BCUT2D eigenvalue weighted by atomic mass is 16.5. The smallest absolute Gasteiger partial charge is 0.130 e. The zero-order valence-corrected chi connectivity index (χ0v) is 17.2. The molecule has 0 saturated carbocycles. The molecule has 0 bridgehead atoms. The third-order valence-electron chi connectivity index (χ3n) is 5.87. The van der Waals surface area contributed by atoms with Crippen LogP contribution in [0.3, 0.4) is 0 Å². The first-order valence-corrected chi connectivity index (χ1v) is 10.3. The molecule has 0 amide bonds. The zero-order valence-electron chi connectivity index (χ0n) is 17.2. The minimum Gasteiger partial charge on any atom is -0.487 e. The van der Waals surface area contributed by atoms with Gasteiger partial charge in [0.2, 0.25) is 0 Å². The summed E-state index contributed by atoms with van der Waals surface area (Å²) in [5, 5.41) is 2.36. The third kappa shape index (κ3) is 2.55. The molecule has 0 atom stereocenters. The molecule has 30 heavy (non-hydrogen) atoms. The summed E-state index contributed by atoms with van der Waals surface area (Å²) in [7, 11) is 0. The molecule has 3 aromatic carbocycles. The first-order valence-electron chi connectivity index (χ1n) is 10.3. The Morgan fingerprint density at radius 3 is 2.63 bits per heavy atom. The summed E-state index contributed by atoms with van der Waals surface area (Å²) in [6.45, 7) is 6.81. The zero-order chi connectivity index (χ0) is 20.4. The van der Waals surface area contributed by atoms with Gasteiger partial charge in [0.15, 0.2) is 0 Å². The predicted molar refractivity (Wildman–Crippen MR) is 120 cm³/mol. The van der Waals surface area contributed by atoms with Crippen molar-refractivity contribution in [3.8, 4) is 28.1 Å². The van der Waals surface area contributed by atoms with Crippen LogP contribution in [0.25, 0.3) is 44.2 Å². The van der Waals surface area contributed by atoms with Crippen molar-refractivity contribution in [3.05, 3.63) is 65.9 Å². The average Bonchev–Trinajstić information content (AvgIpc) is 3.36. The van der Waals surface area contributed by atoms with E-state index in [9.17, 15) is 0 Å². The number of aromatic nitrogens is 4. The van der Waals surface area contributed by atoms with Crippen LogP contribution in [0, 0.1) is 6.92 Å². The summed E-state index contributed by atoms with van der Waals surface area (Å²) < 4.78 is 6.01. The number of nitrogens with one attached hydrogen (secondary N) is 2. The molecule has 0 saturated heterocycles. The Hall–Kier alpha value is -3.60. The van der Waals surface area contributed by atoms with E-state index in [1.165, 1.54) is 10.8 Å².